The molecule has 2 unspecified atom stereocenters. The van der Waals surface area contributed by atoms with Crippen LogP contribution < -0.4 is 11.1 Å². The van der Waals surface area contributed by atoms with Gasteiger partial charge in [0.25, 0.3) is 0 Å². The Bertz CT molecular complexity index is 114. The van der Waals surface area contributed by atoms with Crippen LogP contribution in [0, 0.1) is 5.41 Å². The molecule has 2 bridgehead atoms. The third kappa shape index (κ3) is 0.700. The first-order valence-electron chi connectivity index (χ1n) is 3.78. The van der Waals surface area contributed by atoms with Crippen LogP contribution in [0.15, 0.2) is 0 Å². The standard InChI is InChI=1S/C7H14N2/c8-4-7-2-1-6(3-7)9-5-7/h6,9H,1-5,8H2. The van der Waals surface area contributed by atoms with Gasteiger partial charge in [-0.2, -0.15) is 0 Å². The number of nitrogens with two attached hydrogens (primary N) is 1. The third-order valence-electron chi connectivity index (χ3n) is 2.90. The van der Waals surface area contributed by atoms with E-state index in [1.165, 1.54) is 25.8 Å². The highest BCUT2D eigenvalue weighted by Gasteiger charge is 2.43. The molecule has 0 aromatic rings. The van der Waals surface area contributed by atoms with Crippen molar-refractivity contribution in [1.82, 2.24) is 5.32 Å². The van der Waals surface area contributed by atoms with Crippen LogP contribution in [0.4, 0.5) is 0 Å². The van der Waals surface area contributed by atoms with Gasteiger partial charge in [-0.1, -0.05) is 0 Å². The monoisotopic (exact) mass is 126 g/mol. The van der Waals surface area contributed by atoms with Crippen molar-refractivity contribution >= 4 is 0 Å². The van der Waals surface area contributed by atoms with Crippen LogP contribution >= 0.6 is 0 Å². The predicted molar refractivity (Wildman–Crippen MR) is 37.1 cm³/mol. The second kappa shape index (κ2) is 1.70. The van der Waals surface area contributed by atoms with Gasteiger partial charge in [0.1, 0.15) is 0 Å². The van der Waals surface area contributed by atoms with Crippen LogP contribution in [0.5, 0.6) is 0 Å². The Kier molecular flexibility index (Phi) is 1.08. The maximum atomic E-state index is 5.67. The first-order valence-corrected chi connectivity index (χ1v) is 3.78. The molecule has 0 spiro atoms. The lowest BCUT2D eigenvalue weighted by atomic mass is 9.88. The maximum Gasteiger partial charge on any atom is 0.00737 e. The van der Waals surface area contributed by atoms with Gasteiger partial charge in [0.15, 0.2) is 0 Å². The highest BCUT2D eigenvalue weighted by atomic mass is 15.0. The third-order valence-corrected chi connectivity index (χ3v) is 2.90. The smallest absolute Gasteiger partial charge is 0.00737 e. The van der Waals surface area contributed by atoms with Gasteiger partial charge < -0.3 is 11.1 Å². The fourth-order valence-corrected chi connectivity index (χ4v) is 2.16. The van der Waals surface area contributed by atoms with E-state index in [1.807, 2.05) is 0 Å². The zero-order chi connectivity index (χ0) is 6.32. The van der Waals surface area contributed by atoms with Crippen LogP contribution in [0.1, 0.15) is 19.3 Å². The Morgan fingerprint density at radius 1 is 1.67 bits per heavy atom. The topological polar surface area (TPSA) is 38.0 Å². The van der Waals surface area contributed by atoms with Crippen molar-refractivity contribution in [2.75, 3.05) is 13.1 Å². The minimum atomic E-state index is 0.519. The molecule has 1 saturated heterocycles. The summed E-state index contributed by atoms with van der Waals surface area (Å²) in [5.74, 6) is 0. The molecule has 3 N–H and O–H groups in total. The zero-order valence-electron chi connectivity index (χ0n) is 5.69. The maximum absolute atomic E-state index is 5.67. The average molecular weight is 126 g/mol. The molecule has 2 rings (SSSR count). The van der Waals surface area contributed by atoms with Crippen molar-refractivity contribution in [3.8, 4) is 0 Å². The number of piperidine rings is 1. The van der Waals surface area contributed by atoms with Crippen LogP contribution in [0.3, 0.4) is 0 Å². The lowest BCUT2D eigenvalue weighted by Crippen LogP contribution is -2.34. The van der Waals surface area contributed by atoms with Crippen LogP contribution in [-0.4, -0.2) is 19.1 Å². The molecule has 1 heterocycles. The van der Waals surface area contributed by atoms with Crippen molar-refractivity contribution in [3.05, 3.63) is 0 Å². The number of rotatable bonds is 1. The summed E-state index contributed by atoms with van der Waals surface area (Å²) in [5, 5.41) is 3.47. The van der Waals surface area contributed by atoms with Crippen molar-refractivity contribution in [2.24, 2.45) is 11.1 Å². The minimum absolute atomic E-state index is 0.519. The predicted octanol–water partition coefficient (Wildman–Crippen LogP) is 0.0872. The van der Waals surface area contributed by atoms with Crippen molar-refractivity contribution in [3.63, 3.8) is 0 Å². The van der Waals surface area contributed by atoms with Crippen molar-refractivity contribution in [1.29, 1.82) is 0 Å². The molecule has 0 radical (unpaired) electrons. The van der Waals surface area contributed by atoms with Gasteiger partial charge in [-0.25, -0.2) is 0 Å². The molecular formula is C7H14N2. The Labute approximate surface area is 55.8 Å². The number of hydrogen-bond donors (Lipinski definition) is 2. The summed E-state index contributed by atoms with van der Waals surface area (Å²) in [4.78, 5) is 0. The summed E-state index contributed by atoms with van der Waals surface area (Å²) in [5.41, 5.74) is 6.18. The van der Waals surface area contributed by atoms with E-state index in [1.54, 1.807) is 0 Å². The molecule has 1 aliphatic carbocycles. The molecule has 1 saturated carbocycles. The molecule has 2 atom stereocenters. The van der Waals surface area contributed by atoms with Gasteiger partial charge in [0.2, 0.25) is 0 Å². The summed E-state index contributed by atoms with van der Waals surface area (Å²) in [6, 6.07) is 0.813. The second-order valence-electron chi connectivity index (χ2n) is 3.52. The van der Waals surface area contributed by atoms with Gasteiger partial charge in [0, 0.05) is 12.6 Å². The summed E-state index contributed by atoms with van der Waals surface area (Å²) in [6.45, 7) is 2.06. The first-order chi connectivity index (χ1) is 4.35. The Morgan fingerprint density at radius 3 is 2.78 bits per heavy atom. The molecule has 2 fully saturated rings. The van der Waals surface area contributed by atoms with E-state index >= 15 is 0 Å². The quantitative estimate of drug-likeness (QED) is 0.522. The van der Waals surface area contributed by atoms with E-state index in [4.69, 9.17) is 5.73 Å². The molecule has 0 aromatic heterocycles. The van der Waals surface area contributed by atoms with Gasteiger partial charge in [0.05, 0.1) is 0 Å². The lowest BCUT2D eigenvalue weighted by molar-refractivity contribution is 0.326. The van der Waals surface area contributed by atoms with E-state index in [0.717, 1.165) is 12.6 Å². The van der Waals surface area contributed by atoms with E-state index in [2.05, 4.69) is 5.32 Å². The molecule has 0 aromatic carbocycles. The molecule has 1 aliphatic heterocycles. The minimum Gasteiger partial charge on any atom is -0.330 e. The summed E-state index contributed by atoms with van der Waals surface area (Å²) < 4.78 is 0. The Hall–Kier alpha value is -0.0800. The van der Waals surface area contributed by atoms with Gasteiger partial charge in [-0.05, 0) is 31.2 Å². The highest BCUT2D eigenvalue weighted by molar-refractivity contribution is 5.00. The van der Waals surface area contributed by atoms with E-state index in [9.17, 15) is 0 Å². The average Bonchev–Trinajstić information content (AvgIpc) is 2.46. The molecule has 2 aliphatic rings. The molecule has 0 amide bonds. The number of nitrogens with one attached hydrogen (secondary N) is 1. The largest absolute Gasteiger partial charge is 0.330 e. The number of fused-ring (bicyclic) bond motifs is 2. The lowest BCUT2D eigenvalue weighted by Gasteiger charge is -2.23. The summed E-state index contributed by atoms with van der Waals surface area (Å²) in [6.07, 6.45) is 4.06. The summed E-state index contributed by atoms with van der Waals surface area (Å²) >= 11 is 0. The highest BCUT2D eigenvalue weighted by Crippen LogP contribution is 2.41. The Balaban J connectivity index is 2.13. The molecule has 2 heteroatoms. The Morgan fingerprint density at radius 2 is 2.56 bits per heavy atom. The molecule has 2 nitrogen and oxygen atoms in total. The van der Waals surface area contributed by atoms with Crippen LogP contribution in [-0.2, 0) is 0 Å². The first kappa shape index (κ1) is 5.69. The SMILES string of the molecule is NCC12CCC(C1)NC2. The van der Waals surface area contributed by atoms with Crippen molar-refractivity contribution in [2.45, 2.75) is 25.3 Å². The molecule has 9 heavy (non-hydrogen) atoms. The normalized spacial score (nSPS) is 48.3. The van der Waals surface area contributed by atoms with E-state index < -0.39 is 0 Å². The summed E-state index contributed by atoms with van der Waals surface area (Å²) in [7, 11) is 0. The fraction of sp³-hybridized carbons (Fsp3) is 1.00. The van der Waals surface area contributed by atoms with E-state index in [0.29, 0.717) is 5.41 Å². The van der Waals surface area contributed by atoms with Gasteiger partial charge in [-0.15, -0.1) is 0 Å². The number of hydrogen-bond acceptors (Lipinski definition) is 2. The van der Waals surface area contributed by atoms with Crippen molar-refractivity contribution < 1.29 is 0 Å². The molecular weight excluding hydrogens is 112 g/mol. The van der Waals surface area contributed by atoms with Gasteiger partial charge in [-0.3, -0.25) is 0 Å². The fourth-order valence-electron chi connectivity index (χ4n) is 2.16. The molecule has 52 valence electrons. The zero-order valence-corrected chi connectivity index (χ0v) is 5.69. The van der Waals surface area contributed by atoms with Crippen LogP contribution in [0.2, 0.25) is 0 Å². The second-order valence-corrected chi connectivity index (χ2v) is 3.52. The van der Waals surface area contributed by atoms with Crippen LogP contribution in [0.25, 0.3) is 0 Å². The van der Waals surface area contributed by atoms with E-state index in [-0.39, 0.29) is 0 Å². The van der Waals surface area contributed by atoms with Gasteiger partial charge >= 0.3 is 0 Å².